The Morgan fingerprint density at radius 2 is 1.92 bits per heavy atom. The van der Waals surface area contributed by atoms with E-state index in [1.807, 2.05) is 25.1 Å². The van der Waals surface area contributed by atoms with E-state index in [0.717, 1.165) is 11.3 Å². The van der Waals surface area contributed by atoms with Crippen LogP contribution in [0.1, 0.15) is 11.4 Å². The monoisotopic (exact) mass is 370 g/mol. The van der Waals surface area contributed by atoms with E-state index in [9.17, 15) is 8.42 Å². The molecule has 0 N–H and O–H groups in total. The van der Waals surface area contributed by atoms with Gasteiger partial charge in [-0.2, -0.15) is 8.99 Å². The summed E-state index contributed by atoms with van der Waals surface area (Å²) in [6.07, 6.45) is 1.24. The molecule has 0 spiro atoms. The lowest BCUT2D eigenvalue weighted by molar-refractivity contribution is 0.177. The van der Waals surface area contributed by atoms with Crippen LogP contribution < -0.4 is 0 Å². The molecule has 0 radical (unpaired) electrons. The quantitative estimate of drug-likeness (QED) is 0.787. The molecular weight excluding hydrogens is 352 g/mol. The van der Waals surface area contributed by atoms with Gasteiger partial charge in [0.1, 0.15) is 0 Å². The molecule has 0 aliphatic carbocycles. The normalized spacial score (nSPS) is 17.3. The first-order valence-electron chi connectivity index (χ1n) is 7.56. The summed E-state index contributed by atoms with van der Waals surface area (Å²) in [7, 11) is -3.12. The molecule has 2 heterocycles. The SMILES string of the molecule is Cc1cc(-n2nnnc2CN2CCN(S(C)(=O)=O)CC2)ccc1Cl. The van der Waals surface area contributed by atoms with E-state index in [4.69, 9.17) is 11.6 Å². The number of hydrogen-bond donors (Lipinski definition) is 0. The number of aryl methyl sites for hydroxylation is 1. The summed E-state index contributed by atoms with van der Waals surface area (Å²) in [4.78, 5) is 2.15. The second-order valence-corrected chi connectivity index (χ2v) is 8.27. The highest BCUT2D eigenvalue weighted by Crippen LogP contribution is 2.19. The van der Waals surface area contributed by atoms with Crippen molar-refractivity contribution in [2.75, 3.05) is 32.4 Å². The van der Waals surface area contributed by atoms with E-state index in [0.29, 0.717) is 43.6 Å². The van der Waals surface area contributed by atoms with Crippen LogP contribution in [0.15, 0.2) is 18.2 Å². The molecular formula is C14H19ClN6O2S. The number of hydrogen-bond acceptors (Lipinski definition) is 6. The van der Waals surface area contributed by atoms with Gasteiger partial charge in [-0.1, -0.05) is 11.6 Å². The van der Waals surface area contributed by atoms with Crippen LogP contribution in [0, 0.1) is 6.92 Å². The van der Waals surface area contributed by atoms with E-state index >= 15 is 0 Å². The number of sulfonamides is 1. The standard InChI is InChI=1S/C14H19ClN6O2S/c1-11-9-12(3-4-13(11)15)21-14(16-17-18-21)10-19-5-7-20(8-6-19)24(2,22)23/h3-4,9H,5-8,10H2,1-2H3. The topological polar surface area (TPSA) is 84.2 Å². The lowest BCUT2D eigenvalue weighted by Crippen LogP contribution is -2.48. The van der Waals surface area contributed by atoms with Gasteiger partial charge in [0.05, 0.1) is 18.5 Å². The van der Waals surface area contributed by atoms with Crippen LogP contribution >= 0.6 is 11.6 Å². The molecule has 10 heteroatoms. The van der Waals surface area contributed by atoms with Crippen molar-refractivity contribution in [1.29, 1.82) is 0 Å². The maximum Gasteiger partial charge on any atom is 0.211 e. The highest BCUT2D eigenvalue weighted by Gasteiger charge is 2.24. The van der Waals surface area contributed by atoms with Crippen LogP contribution in [0.25, 0.3) is 5.69 Å². The largest absolute Gasteiger partial charge is 0.293 e. The molecule has 2 aromatic rings. The molecule has 8 nitrogen and oxygen atoms in total. The number of aromatic nitrogens is 4. The molecule has 0 unspecified atom stereocenters. The third kappa shape index (κ3) is 3.75. The van der Waals surface area contributed by atoms with Crippen molar-refractivity contribution < 1.29 is 8.42 Å². The number of halogens is 1. The number of tetrazole rings is 1. The van der Waals surface area contributed by atoms with Crippen LogP contribution in [0.3, 0.4) is 0 Å². The summed E-state index contributed by atoms with van der Waals surface area (Å²) in [6, 6.07) is 5.63. The average molecular weight is 371 g/mol. The highest BCUT2D eigenvalue weighted by atomic mass is 35.5. The zero-order valence-corrected chi connectivity index (χ0v) is 15.1. The Morgan fingerprint density at radius 3 is 2.54 bits per heavy atom. The zero-order chi connectivity index (χ0) is 17.3. The van der Waals surface area contributed by atoms with Crippen LogP contribution in [-0.2, 0) is 16.6 Å². The molecule has 1 fully saturated rings. The molecule has 1 aliphatic heterocycles. The molecule has 1 aromatic carbocycles. The first-order valence-corrected chi connectivity index (χ1v) is 9.78. The molecule has 1 aliphatic rings. The Bertz CT molecular complexity index is 830. The Morgan fingerprint density at radius 1 is 1.21 bits per heavy atom. The first-order chi connectivity index (χ1) is 11.3. The molecule has 0 amide bonds. The molecule has 0 bridgehead atoms. The van der Waals surface area contributed by atoms with Gasteiger partial charge in [0.25, 0.3) is 0 Å². The van der Waals surface area contributed by atoms with E-state index < -0.39 is 10.0 Å². The van der Waals surface area contributed by atoms with Crippen molar-refractivity contribution in [3.63, 3.8) is 0 Å². The highest BCUT2D eigenvalue weighted by molar-refractivity contribution is 7.88. The third-order valence-electron chi connectivity index (χ3n) is 4.09. The van der Waals surface area contributed by atoms with Crippen molar-refractivity contribution in [2.24, 2.45) is 0 Å². The van der Waals surface area contributed by atoms with Gasteiger partial charge in [0, 0.05) is 31.2 Å². The zero-order valence-electron chi connectivity index (χ0n) is 13.6. The Kier molecular flexibility index (Phi) is 4.86. The Labute approximate surface area is 146 Å². The van der Waals surface area contributed by atoms with Crippen molar-refractivity contribution >= 4 is 21.6 Å². The summed E-state index contributed by atoms with van der Waals surface area (Å²) in [5.74, 6) is 0.713. The summed E-state index contributed by atoms with van der Waals surface area (Å²) < 4.78 is 26.3. The fourth-order valence-electron chi connectivity index (χ4n) is 2.68. The van der Waals surface area contributed by atoms with Crippen LogP contribution in [0.5, 0.6) is 0 Å². The fraction of sp³-hybridized carbons (Fsp3) is 0.500. The minimum absolute atomic E-state index is 0.487. The van der Waals surface area contributed by atoms with Crippen molar-refractivity contribution in [1.82, 2.24) is 29.4 Å². The van der Waals surface area contributed by atoms with Crippen LogP contribution in [0.4, 0.5) is 0 Å². The molecule has 130 valence electrons. The van der Waals surface area contributed by atoms with E-state index in [1.54, 1.807) is 4.68 Å². The van der Waals surface area contributed by atoms with Gasteiger partial charge in [0.2, 0.25) is 10.0 Å². The lowest BCUT2D eigenvalue weighted by atomic mass is 10.2. The second-order valence-electron chi connectivity index (χ2n) is 5.88. The van der Waals surface area contributed by atoms with Gasteiger partial charge >= 0.3 is 0 Å². The van der Waals surface area contributed by atoms with Gasteiger partial charge in [-0.05, 0) is 41.1 Å². The minimum atomic E-state index is -3.12. The summed E-state index contributed by atoms with van der Waals surface area (Å²) in [5, 5.41) is 12.6. The van der Waals surface area contributed by atoms with Gasteiger partial charge < -0.3 is 0 Å². The van der Waals surface area contributed by atoms with Crippen molar-refractivity contribution in [3.05, 3.63) is 34.6 Å². The van der Waals surface area contributed by atoms with Crippen molar-refractivity contribution in [3.8, 4) is 5.69 Å². The van der Waals surface area contributed by atoms with Crippen molar-refractivity contribution in [2.45, 2.75) is 13.5 Å². The van der Waals surface area contributed by atoms with E-state index in [2.05, 4.69) is 20.4 Å². The number of piperazine rings is 1. The summed E-state index contributed by atoms with van der Waals surface area (Å²) >= 11 is 6.07. The number of benzene rings is 1. The molecule has 0 atom stereocenters. The predicted octanol–water partition coefficient (Wildman–Crippen LogP) is 0.701. The average Bonchev–Trinajstić information content (AvgIpc) is 2.98. The molecule has 1 saturated heterocycles. The fourth-order valence-corrected chi connectivity index (χ4v) is 3.63. The Balaban J connectivity index is 1.72. The van der Waals surface area contributed by atoms with Gasteiger partial charge in [-0.3, -0.25) is 4.90 Å². The minimum Gasteiger partial charge on any atom is -0.293 e. The lowest BCUT2D eigenvalue weighted by Gasteiger charge is -2.32. The van der Waals surface area contributed by atoms with E-state index in [1.165, 1.54) is 10.6 Å². The van der Waals surface area contributed by atoms with Gasteiger partial charge in [-0.15, -0.1) is 5.10 Å². The predicted molar refractivity (Wildman–Crippen MR) is 90.6 cm³/mol. The molecule has 24 heavy (non-hydrogen) atoms. The number of rotatable bonds is 4. The smallest absolute Gasteiger partial charge is 0.211 e. The van der Waals surface area contributed by atoms with Gasteiger partial charge in [-0.25, -0.2) is 8.42 Å². The first kappa shape index (κ1) is 17.3. The van der Waals surface area contributed by atoms with Crippen LogP contribution in [0.2, 0.25) is 5.02 Å². The maximum atomic E-state index is 11.6. The Hall–Kier alpha value is -1.55. The van der Waals surface area contributed by atoms with E-state index in [-0.39, 0.29) is 0 Å². The molecule has 1 aromatic heterocycles. The summed E-state index contributed by atoms with van der Waals surface area (Å²) in [5.41, 5.74) is 1.81. The van der Waals surface area contributed by atoms with Gasteiger partial charge in [0.15, 0.2) is 5.82 Å². The second kappa shape index (κ2) is 6.75. The maximum absolute atomic E-state index is 11.6. The molecule has 0 saturated carbocycles. The summed E-state index contributed by atoms with van der Waals surface area (Å²) in [6.45, 7) is 4.77. The molecule has 3 rings (SSSR count). The number of nitrogens with zero attached hydrogens (tertiary/aromatic N) is 6. The van der Waals surface area contributed by atoms with Crippen LogP contribution in [-0.4, -0.2) is 70.3 Å². The third-order valence-corrected chi connectivity index (χ3v) is 5.81.